The maximum Gasteiger partial charge on any atom is 0.320 e. The van der Waals surface area contributed by atoms with Gasteiger partial charge in [0.05, 0.1) is 0 Å². The van der Waals surface area contributed by atoms with Gasteiger partial charge in [-0.25, -0.2) is 0 Å². The van der Waals surface area contributed by atoms with Crippen molar-refractivity contribution >= 4 is 5.97 Å². The number of aliphatic hydroxyl groups is 1. The Bertz CT molecular complexity index is 296. The average Bonchev–Trinajstić information content (AvgIpc) is 2.10. The monoisotopic (exact) mass is 197 g/mol. The van der Waals surface area contributed by atoms with E-state index >= 15 is 0 Å². The highest BCUT2D eigenvalue weighted by Gasteiger charge is 2.28. The van der Waals surface area contributed by atoms with Crippen molar-refractivity contribution in [3.8, 4) is 0 Å². The lowest BCUT2D eigenvalue weighted by Crippen LogP contribution is -2.35. The van der Waals surface area contributed by atoms with Crippen molar-refractivity contribution in [3.05, 3.63) is 24.0 Å². The molecule has 0 aromatic rings. The van der Waals surface area contributed by atoms with E-state index in [2.05, 4.69) is 0 Å². The number of aliphatic carboxylic acids is 1. The van der Waals surface area contributed by atoms with Crippen LogP contribution >= 0.6 is 0 Å². The second-order valence-corrected chi connectivity index (χ2v) is 3.97. The quantitative estimate of drug-likeness (QED) is 0.634. The Morgan fingerprint density at radius 1 is 1.79 bits per heavy atom. The van der Waals surface area contributed by atoms with E-state index in [-0.39, 0.29) is 11.2 Å². The fraction of sp³-hybridized carbons (Fsp3) is 0.500. The van der Waals surface area contributed by atoms with Gasteiger partial charge in [-0.1, -0.05) is 13.0 Å². The van der Waals surface area contributed by atoms with E-state index < -0.39 is 12.0 Å². The SMILES string of the molecule is CC1(C[C@@H](N)C(=O)O)C=CC(O)=CC1. The maximum absolute atomic E-state index is 10.6. The number of carboxylic acids is 1. The molecule has 0 aromatic heterocycles. The summed E-state index contributed by atoms with van der Waals surface area (Å²) in [5, 5.41) is 17.8. The van der Waals surface area contributed by atoms with Crippen LogP contribution in [0.25, 0.3) is 0 Å². The zero-order valence-corrected chi connectivity index (χ0v) is 8.10. The molecule has 0 aromatic carbocycles. The first-order chi connectivity index (χ1) is 6.43. The first kappa shape index (κ1) is 10.8. The molecule has 1 aliphatic carbocycles. The molecule has 0 bridgehead atoms. The van der Waals surface area contributed by atoms with Gasteiger partial charge in [0.25, 0.3) is 0 Å². The first-order valence-electron chi connectivity index (χ1n) is 4.50. The summed E-state index contributed by atoms with van der Waals surface area (Å²) in [6, 6.07) is -0.849. The van der Waals surface area contributed by atoms with Crippen LogP contribution in [-0.4, -0.2) is 22.2 Å². The zero-order valence-electron chi connectivity index (χ0n) is 8.10. The minimum Gasteiger partial charge on any atom is -0.508 e. The van der Waals surface area contributed by atoms with E-state index in [0.717, 1.165) is 0 Å². The normalized spacial score (nSPS) is 28.3. The van der Waals surface area contributed by atoms with E-state index in [1.807, 2.05) is 13.0 Å². The van der Waals surface area contributed by atoms with Crippen molar-refractivity contribution in [2.75, 3.05) is 0 Å². The Morgan fingerprint density at radius 2 is 2.43 bits per heavy atom. The fourth-order valence-electron chi connectivity index (χ4n) is 1.50. The maximum atomic E-state index is 10.6. The summed E-state index contributed by atoms with van der Waals surface area (Å²) in [5.41, 5.74) is 5.19. The average molecular weight is 197 g/mol. The zero-order chi connectivity index (χ0) is 10.8. The molecule has 0 radical (unpaired) electrons. The van der Waals surface area contributed by atoms with Gasteiger partial charge < -0.3 is 15.9 Å². The molecule has 0 amide bonds. The number of rotatable bonds is 3. The molecule has 0 aliphatic heterocycles. The molecule has 78 valence electrons. The Hall–Kier alpha value is -1.29. The number of carbonyl (C=O) groups is 1. The summed E-state index contributed by atoms with van der Waals surface area (Å²) >= 11 is 0. The van der Waals surface area contributed by atoms with Crippen molar-refractivity contribution in [2.24, 2.45) is 11.1 Å². The standard InChI is InChI=1S/C10H15NO3/c1-10(6-8(11)9(13)14)4-2-7(12)3-5-10/h2-4,8,12H,5-6,11H2,1H3,(H,13,14)/t8-,10?/m1/s1. The molecule has 14 heavy (non-hydrogen) atoms. The summed E-state index contributed by atoms with van der Waals surface area (Å²) < 4.78 is 0. The van der Waals surface area contributed by atoms with Crippen molar-refractivity contribution in [1.29, 1.82) is 0 Å². The van der Waals surface area contributed by atoms with Crippen LogP contribution < -0.4 is 5.73 Å². The van der Waals surface area contributed by atoms with Gasteiger partial charge in [-0.05, 0) is 30.4 Å². The van der Waals surface area contributed by atoms with Gasteiger partial charge in [0.2, 0.25) is 0 Å². The van der Waals surface area contributed by atoms with Gasteiger partial charge in [0.15, 0.2) is 0 Å². The second kappa shape index (κ2) is 3.84. The minimum absolute atomic E-state index is 0.228. The molecule has 4 heteroatoms. The predicted molar refractivity (Wildman–Crippen MR) is 52.8 cm³/mol. The molecule has 2 atom stereocenters. The third-order valence-corrected chi connectivity index (χ3v) is 2.44. The Labute approximate surface area is 82.7 Å². The lowest BCUT2D eigenvalue weighted by atomic mass is 9.78. The summed E-state index contributed by atoms with van der Waals surface area (Å²) in [7, 11) is 0. The predicted octanol–water partition coefficient (Wildman–Crippen LogP) is 1.20. The van der Waals surface area contributed by atoms with Crippen molar-refractivity contribution in [2.45, 2.75) is 25.8 Å². The van der Waals surface area contributed by atoms with Crippen LogP contribution in [0.15, 0.2) is 24.0 Å². The number of hydrogen-bond donors (Lipinski definition) is 3. The number of carboxylic acid groups (broad SMARTS) is 1. The lowest BCUT2D eigenvalue weighted by Gasteiger charge is -2.28. The third-order valence-electron chi connectivity index (χ3n) is 2.44. The van der Waals surface area contributed by atoms with Crippen molar-refractivity contribution in [3.63, 3.8) is 0 Å². The van der Waals surface area contributed by atoms with Crippen LogP contribution in [0.2, 0.25) is 0 Å². The van der Waals surface area contributed by atoms with Gasteiger partial charge in [0, 0.05) is 0 Å². The largest absolute Gasteiger partial charge is 0.508 e. The van der Waals surface area contributed by atoms with Gasteiger partial charge in [0.1, 0.15) is 11.8 Å². The molecule has 0 saturated carbocycles. The van der Waals surface area contributed by atoms with Crippen LogP contribution in [0, 0.1) is 5.41 Å². The van der Waals surface area contributed by atoms with Crippen LogP contribution in [0.4, 0.5) is 0 Å². The van der Waals surface area contributed by atoms with Gasteiger partial charge in [-0.2, -0.15) is 0 Å². The van der Waals surface area contributed by atoms with Crippen LogP contribution in [0.3, 0.4) is 0 Å². The highest BCUT2D eigenvalue weighted by atomic mass is 16.4. The molecule has 0 saturated heterocycles. The first-order valence-corrected chi connectivity index (χ1v) is 4.50. The topological polar surface area (TPSA) is 83.6 Å². The van der Waals surface area contributed by atoms with Crippen LogP contribution in [0.5, 0.6) is 0 Å². The molecule has 4 nitrogen and oxygen atoms in total. The number of allylic oxidation sites excluding steroid dienone is 3. The molecule has 4 N–H and O–H groups in total. The lowest BCUT2D eigenvalue weighted by molar-refractivity contribution is -0.139. The molecule has 1 unspecified atom stereocenters. The summed E-state index contributed by atoms with van der Waals surface area (Å²) in [6.07, 6.45) is 6.07. The molecule has 1 rings (SSSR count). The Balaban J connectivity index is 2.61. The van der Waals surface area contributed by atoms with Gasteiger partial charge in [-0.15, -0.1) is 0 Å². The highest BCUT2D eigenvalue weighted by Crippen LogP contribution is 2.33. The third kappa shape index (κ3) is 2.60. The molecule has 1 aliphatic rings. The van der Waals surface area contributed by atoms with Crippen molar-refractivity contribution in [1.82, 2.24) is 0 Å². The van der Waals surface area contributed by atoms with E-state index in [9.17, 15) is 4.79 Å². The van der Waals surface area contributed by atoms with E-state index in [0.29, 0.717) is 12.8 Å². The molecule has 0 fully saturated rings. The minimum atomic E-state index is -0.988. The van der Waals surface area contributed by atoms with E-state index in [4.69, 9.17) is 15.9 Å². The number of aliphatic hydroxyl groups excluding tert-OH is 1. The fourth-order valence-corrected chi connectivity index (χ4v) is 1.50. The molecule has 0 heterocycles. The summed E-state index contributed by atoms with van der Waals surface area (Å²) in [4.78, 5) is 10.6. The van der Waals surface area contributed by atoms with Gasteiger partial charge >= 0.3 is 5.97 Å². The summed E-state index contributed by atoms with van der Waals surface area (Å²) in [6.45, 7) is 1.93. The second-order valence-electron chi connectivity index (χ2n) is 3.97. The van der Waals surface area contributed by atoms with Gasteiger partial charge in [-0.3, -0.25) is 4.79 Å². The van der Waals surface area contributed by atoms with Crippen LogP contribution in [-0.2, 0) is 4.79 Å². The molecular formula is C10H15NO3. The van der Waals surface area contributed by atoms with E-state index in [1.165, 1.54) is 0 Å². The highest BCUT2D eigenvalue weighted by molar-refractivity contribution is 5.73. The molecular weight excluding hydrogens is 182 g/mol. The summed E-state index contributed by atoms with van der Waals surface area (Å²) in [5.74, 6) is -0.759. The Kier molecular flexibility index (Phi) is 2.96. The molecule has 0 spiro atoms. The van der Waals surface area contributed by atoms with Crippen molar-refractivity contribution < 1.29 is 15.0 Å². The Morgan fingerprint density at radius 3 is 2.86 bits per heavy atom. The smallest absolute Gasteiger partial charge is 0.320 e. The van der Waals surface area contributed by atoms with E-state index in [1.54, 1.807) is 12.2 Å². The van der Waals surface area contributed by atoms with Crippen LogP contribution in [0.1, 0.15) is 19.8 Å². The number of hydrogen-bond acceptors (Lipinski definition) is 3. The number of nitrogens with two attached hydrogens (primary N) is 1.